The van der Waals surface area contributed by atoms with Crippen LogP contribution in [0, 0.1) is 11.3 Å². The van der Waals surface area contributed by atoms with Gasteiger partial charge in [0.25, 0.3) is 0 Å². The van der Waals surface area contributed by atoms with Gasteiger partial charge in [-0.25, -0.2) is 4.98 Å². The van der Waals surface area contributed by atoms with E-state index >= 15 is 0 Å². The number of para-hydroxylation sites is 2. The molecular formula is C25H46Cl3N9O2P3Pt2-5. The number of carboxylic acids is 1. The van der Waals surface area contributed by atoms with Crippen molar-refractivity contribution in [2.45, 2.75) is 40.5 Å². The number of nitrogens with zero attached hydrogens (tertiary/aromatic N) is 4. The molecule has 2 unspecified atom stereocenters. The van der Waals surface area contributed by atoms with Gasteiger partial charge in [0.1, 0.15) is 0 Å². The number of benzene rings is 2. The van der Waals surface area contributed by atoms with Crippen LogP contribution in [0.1, 0.15) is 40.5 Å². The van der Waals surface area contributed by atoms with Gasteiger partial charge < -0.3 is 45.3 Å². The number of nitriles is 1. The Hall–Kier alpha value is -0.283. The summed E-state index contributed by atoms with van der Waals surface area (Å²) in [6.07, 6.45) is 1.09. The number of pyridine rings is 1. The fourth-order valence-corrected chi connectivity index (χ4v) is 3.17. The van der Waals surface area contributed by atoms with Crippen LogP contribution in [0.15, 0.2) is 48.5 Å². The molecule has 0 radical (unpaired) electrons. The van der Waals surface area contributed by atoms with Crippen LogP contribution in [-0.2, 0) is 42.3 Å². The molecule has 0 aliphatic heterocycles. The standard InChI is InChI=1S/C21H23N4O2.C3H5N.CH4.3ClH.4H2N.H5P3.2Pt/c1-2-19(22)25(13-11-20(26)27)14-12-23-21-15-7-3-5-9-17(15)24-18-10-6-4-8-16(18)21;1-2-3-4;;;;;;;;;1-3-2;;/h3-10H,2,11-14H2,1H3,(H,23,24)(H,26,27);2H2,1H3;1H4;3*1H;4*1H2;3H,1-2H2;;/q-1;;;;;;4*-1;;2*+1/p-2. The molecule has 0 spiro atoms. The zero-order chi connectivity index (χ0) is 29.3. The first-order chi connectivity index (χ1) is 18.4. The molecule has 1 heterocycles. The Morgan fingerprint density at radius 1 is 1.00 bits per heavy atom. The van der Waals surface area contributed by atoms with Gasteiger partial charge in [0.2, 0.25) is 0 Å². The fourth-order valence-electron chi connectivity index (χ4n) is 3.17. The van der Waals surface area contributed by atoms with E-state index in [1.165, 1.54) is 0 Å². The van der Waals surface area contributed by atoms with Gasteiger partial charge in [-0.3, -0.25) is 4.79 Å². The SMILES string of the molecule is C.CCC#N.CCC(=[N-])N(CCNc1c2ccccc2nc2ccccc12)CCC(=O)O.Cl.PPP.[Cl][Pt].[Cl][Pt].[NH2-].[NH2-].[NH2-].[NH2-]. The molecule has 11 nitrogen and oxygen atoms in total. The summed E-state index contributed by atoms with van der Waals surface area (Å²) in [5, 5.41) is 32.2. The van der Waals surface area contributed by atoms with Crippen LogP contribution < -0.4 is 5.32 Å². The molecule has 3 aromatic rings. The molecule has 2 aromatic carbocycles. The Labute approximate surface area is 306 Å². The summed E-state index contributed by atoms with van der Waals surface area (Å²) in [5.41, 5.74) is 2.85. The van der Waals surface area contributed by atoms with Crippen molar-refractivity contribution in [2.24, 2.45) is 0 Å². The topological polar surface area (TPSA) is 246 Å². The Morgan fingerprint density at radius 2 is 1.39 bits per heavy atom. The number of amidine groups is 1. The molecule has 264 valence electrons. The van der Waals surface area contributed by atoms with Gasteiger partial charge >= 0.3 is 62.4 Å². The van der Waals surface area contributed by atoms with Crippen LogP contribution in [0.5, 0.6) is 0 Å². The molecule has 44 heavy (non-hydrogen) atoms. The minimum atomic E-state index is -0.872. The Morgan fingerprint density at radius 3 is 1.73 bits per heavy atom. The molecule has 0 aliphatic rings. The summed E-state index contributed by atoms with van der Waals surface area (Å²) < 4.78 is 0. The fraction of sp³-hybridized carbons (Fsp3) is 0.360. The van der Waals surface area contributed by atoms with Crippen molar-refractivity contribution in [2.75, 3.05) is 25.0 Å². The van der Waals surface area contributed by atoms with E-state index in [4.69, 9.17) is 15.4 Å². The molecule has 19 heteroatoms. The number of aliphatic carboxylic acids is 1. The number of fused-ring (bicyclic) bond motifs is 2. The molecule has 0 amide bonds. The molecule has 10 N–H and O–H groups in total. The van der Waals surface area contributed by atoms with Crippen molar-refractivity contribution >= 4 is 96.4 Å². The largest absolute Gasteiger partial charge is 0.693 e. The number of hydrogen-bond acceptors (Lipinski definition) is 4. The minimum absolute atomic E-state index is 0. The molecule has 1 aromatic heterocycles. The summed E-state index contributed by atoms with van der Waals surface area (Å²) in [4.78, 5) is 17.3. The van der Waals surface area contributed by atoms with Crippen LogP contribution in [0.25, 0.3) is 51.8 Å². The van der Waals surface area contributed by atoms with E-state index in [0.717, 1.165) is 35.5 Å². The molecule has 0 saturated carbocycles. The third-order valence-electron chi connectivity index (χ3n) is 4.71. The van der Waals surface area contributed by atoms with Crippen LogP contribution >= 0.6 is 57.1 Å². The zero-order valence-corrected chi connectivity index (χ0v) is 33.9. The summed E-state index contributed by atoms with van der Waals surface area (Å²) in [7, 11) is 15.3. The van der Waals surface area contributed by atoms with Crippen LogP contribution in [-0.4, -0.2) is 46.4 Å². The maximum absolute atomic E-state index is 10.9. The van der Waals surface area contributed by atoms with Crippen LogP contribution in [0.4, 0.5) is 5.69 Å². The summed E-state index contributed by atoms with van der Waals surface area (Å²) in [6.45, 7) is 5.04. The first-order valence-electron chi connectivity index (χ1n) is 11.2. The number of aromatic nitrogens is 1. The molecular weight excluding hydrogens is 1050 g/mol. The number of rotatable bonds is 8. The number of halogens is 3. The number of anilines is 1. The van der Waals surface area contributed by atoms with E-state index in [1.807, 2.05) is 68.4 Å². The Balaban J connectivity index is -0.000000113. The van der Waals surface area contributed by atoms with Crippen LogP contribution in [0.3, 0.4) is 0 Å². The van der Waals surface area contributed by atoms with Gasteiger partial charge in [-0.2, -0.15) is 5.26 Å². The average Bonchev–Trinajstić information content (AvgIpc) is 2.96. The molecule has 0 saturated heterocycles. The third kappa shape index (κ3) is 25.9. The second-order valence-corrected chi connectivity index (χ2v) is 11.4. The smallest absolute Gasteiger partial charge is 0.693 e. The summed E-state index contributed by atoms with van der Waals surface area (Å²) in [5.74, 6) is -0.662. The molecule has 3 rings (SSSR count). The molecule has 2 atom stereocenters. The van der Waals surface area contributed by atoms with Crippen molar-refractivity contribution in [3.63, 3.8) is 0 Å². The van der Waals surface area contributed by atoms with E-state index in [1.54, 1.807) is 42.4 Å². The van der Waals surface area contributed by atoms with Crippen molar-refractivity contribution in [3.05, 3.63) is 78.5 Å². The van der Waals surface area contributed by atoms with Crippen molar-refractivity contribution in [1.82, 2.24) is 9.88 Å². The van der Waals surface area contributed by atoms with Gasteiger partial charge in [-0.15, -0.1) is 30.3 Å². The number of carboxylic acid groups (broad SMARTS) is 1. The zero-order valence-electron chi connectivity index (χ0n) is 23.8. The second-order valence-electron chi connectivity index (χ2n) is 7.03. The van der Waals surface area contributed by atoms with Crippen molar-refractivity contribution < 1.29 is 47.4 Å². The number of nitrogens with two attached hydrogens (primary N) is 4. The van der Waals surface area contributed by atoms with E-state index in [2.05, 4.69) is 42.0 Å². The third-order valence-corrected chi connectivity index (χ3v) is 4.71. The summed E-state index contributed by atoms with van der Waals surface area (Å²) >= 11 is 3.22. The first-order valence-corrected chi connectivity index (χ1v) is 21.5. The average molecular weight is 1090 g/mol. The van der Waals surface area contributed by atoms with E-state index in [-0.39, 0.29) is 63.2 Å². The predicted octanol–water partition coefficient (Wildman–Crippen LogP) is 11.4. The number of nitrogens with one attached hydrogen (secondary N) is 1. The van der Waals surface area contributed by atoms with Gasteiger partial charge in [-0.1, -0.05) is 71.5 Å². The normalized spacial score (nSPS) is 7.84. The number of hydrogen-bond donors (Lipinski definition) is 2. The summed E-state index contributed by atoms with van der Waals surface area (Å²) in [6, 6.07) is 17.9. The Bertz CT molecular complexity index is 1090. The molecule has 0 aliphatic carbocycles. The maximum Gasteiger partial charge on any atom is -0.693 e. The Kier molecular flexibility index (Phi) is 60.7. The van der Waals surface area contributed by atoms with E-state index in [9.17, 15) is 10.2 Å². The molecule has 0 fully saturated rings. The number of carbonyl (C=O) groups is 1. The maximum atomic E-state index is 10.9. The first kappa shape index (κ1) is 62.5. The quantitative estimate of drug-likeness (QED) is 0.0960. The second kappa shape index (κ2) is 42.7. The van der Waals surface area contributed by atoms with Gasteiger partial charge in [0, 0.05) is 30.2 Å². The van der Waals surface area contributed by atoms with E-state index < -0.39 is 5.97 Å². The van der Waals surface area contributed by atoms with Gasteiger partial charge in [0.05, 0.1) is 22.8 Å². The predicted molar refractivity (Wildman–Crippen MR) is 201 cm³/mol. The minimum Gasteiger partial charge on any atom is -0.693 e. The monoisotopic (exact) mass is 1090 g/mol. The molecule has 0 bridgehead atoms. The van der Waals surface area contributed by atoms with Crippen molar-refractivity contribution in [3.8, 4) is 6.07 Å². The van der Waals surface area contributed by atoms with Gasteiger partial charge in [-0.05, 0) is 31.6 Å². The van der Waals surface area contributed by atoms with Crippen LogP contribution in [0.2, 0.25) is 0 Å². The van der Waals surface area contributed by atoms with Gasteiger partial charge in [0.15, 0.2) is 0 Å². The van der Waals surface area contributed by atoms with E-state index in [0.29, 0.717) is 25.9 Å². The van der Waals surface area contributed by atoms with Crippen molar-refractivity contribution in [1.29, 1.82) is 5.26 Å².